The molecule has 0 aliphatic rings. The van der Waals surface area contributed by atoms with Crippen LogP contribution in [0.2, 0.25) is 0 Å². The fourth-order valence-corrected chi connectivity index (χ4v) is 3.12. The van der Waals surface area contributed by atoms with Gasteiger partial charge in [0, 0.05) is 0 Å². The highest BCUT2D eigenvalue weighted by atomic mass is 19.1. The van der Waals surface area contributed by atoms with Gasteiger partial charge in [0.15, 0.2) is 11.6 Å². The summed E-state index contributed by atoms with van der Waals surface area (Å²) in [5.74, 6) is 0.104. The number of hydrogen-bond donors (Lipinski definition) is 0. The Balaban J connectivity index is 1.78. The Morgan fingerprint density at radius 3 is 2.03 bits per heavy atom. The number of benzene rings is 2. The van der Waals surface area contributed by atoms with Crippen molar-refractivity contribution in [1.82, 2.24) is 0 Å². The van der Waals surface area contributed by atoms with E-state index in [-0.39, 0.29) is 11.3 Å². The molecule has 0 aromatic heterocycles. The standard InChI is InChI=1S/C26H35FO4/c1-3-5-7-8-9-11-19-30-25-17-12-21(20-24(25)27)26(28)31-23-15-13-22(14-16-23)29-18-10-6-4-2/h12-17,20H,3-11,18-19H2,1-2H3. The molecule has 0 aliphatic carbocycles. The van der Waals surface area contributed by atoms with Crippen LogP contribution in [-0.2, 0) is 0 Å². The zero-order chi connectivity index (χ0) is 22.3. The molecular weight excluding hydrogens is 395 g/mol. The number of halogens is 1. The van der Waals surface area contributed by atoms with Crippen LogP contribution in [0, 0.1) is 5.82 Å². The smallest absolute Gasteiger partial charge is 0.343 e. The van der Waals surface area contributed by atoms with Crippen molar-refractivity contribution < 1.29 is 23.4 Å². The van der Waals surface area contributed by atoms with Gasteiger partial charge in [0.2, 0.25) is 0 Å². The molecule has 0 fully saturated rings. The largest absolute Gasteiger partial charge is 0.494 e. The third kappa shape index (κ3) is 9.41. The first-order chi connectivity index (χ1) is 15.1. The predicted octanol–water partition coefficient (Wildman–Crippen LogP) is 7.35. The van der Waals surface area contributed by atoms with Gasteiger partial charge in [-0.3, -0.25) is 0 Å². The first kappa shape index (κ1) is 24.7. The monoisotopic (exact) mass is 430 g/mol. The second-order valence-corrected chi connectivity index (χ2v) is 7.68. The molecule has 0 saturated heterocycles. The molecule has 0 saturated carbocycles. The van der Waals surface area contributed by atoms with Crippen molar-refractivity contribution >= 4 is 5.97 Å². The molecule has 0 bridgehead atoms. The van der Waals surface area contributed by atoms with Crippen LogP contribution >= 0.6 is 0 Å². The lowest BCUT2D eigenvalue weighted by molar-refractivity contribution is 0.0734. The van der Waals surface area contributed by atoms with E-state index in [1.54, 1.807) is 24.3 Å². The second-order valence-electron chi connectivity index (χ2n) is 7.68. The lowest BCUT2D eigenvalue weighted by Crippen LogP contribution is -2.09. The van der Waals surface area contributed by atoms with Crippen molar-refractivity contribution in [3.63, 3.8) is 0 Å². The minimum Gasteiger partial charge on any atom is -0.494 e. The molecule has 4 nitrogen and oxygen atoms in total. The highest BCUT2D eigenvalue weighted by Gasteiger charge is 2.13. The van der Waals surface area contributed by atoms with Crippen LogP contribution in [0.5, 0.6) is 17.2 Å². The van der Waals surface area contributed by atoms with Crippen LogP contribution in [0.15, 0.2) is 42.5 Å². The van der Waals surface area contributed by atoms with Gasteiger partial charge in [-0.2, -0.15) is 0 Å². The van der Waals surface area contributed by atoms with Crippen molar-refractivity contribution in [3.05, 3.63) is 53.8 Å². The van der Waals surface area contributed by atoms with Crippen LogP contribution in [0.25, 0.3) is 0 Å². The van der Waals surface area contributed by atoms with Gasteiger partial charge < -0.3 is 14.2 Å². The van der Waals surface area contributed by atoms with Crippen LogP contribution in [0.1, 0.15) is 82.0 Å². The van der Waals surface area contributed by atoms with Crippen LogP contribution in [-0.4, -0.2) is 19.2 Å². The normalized spacial score (nSPS) is 10.7. The van der Waals surface area contributed by atoms with Gasteiger partial charge in [0.05, 0.1) is 18.8 Å². The van der Waals surface area contributed by atoms with Gasteiger partial charge in [-0.1, -0.05) is 58.8 Å². The molecule has 0 aliphatic heterocycles. The number of rotatable bonds is 15. The molecule has 0 N–H and O–H groups in total. The number of hydrogen-bond acceptors (Lipinski definition) is 4. The van der Waals surface area contributed by atoms with E-state index in [9.17, 15) is 9.18 Å². The third-order valence-electron chi connectivity index (χ3n) is 4.97. The van der Waals surface area contributed by atoms with Crippen molar-refractivity contribution in [2.24, 2.45) is 0 Å². The van der Waals surface area contributed by atoms with Gasteiger partial charge in [0.1, 0.15) is 11.5 Å². The molecule has 0 atom stereocenters. The second kappa shape index (κ2) is 14.4. The fourth-order valence-electron chi connectivity index (χ4n) is 3.12. The molecule has 0 radical (unpaired) electrons. The molecule has 2 aromatic rings. The summed E-state index contributed by atoms with van der Waals surface area (Å²) in [6, 6.07) is 11.0. The summed E-state index contributed by atoms with van der Waals surface area (Å²) in [4.78, 5) is 12.3. The van der Waals surface area contributed by atoms with Crippen molar-refractivity contribution in [3.8, 4) is 17.2 Å². The summed E-state index contributed by atoms with van der Waals surface area (Å²) in [7, 11) is 0. The Morgan fingerprint density at radius 2 is 1.32 bits per heavy atom. The molecule has 0 spiro atoms. The average molecular weight is 431 g/mol. The minimum absolute atomic E-state index is 0.143. The molecule has 31 heavy (non-hydrogen) atoms. The molecule has 0 heterocycles. The zero-order valence-electron chi connectivity index (χ0n) is 18.8. The Bertz CT molecular complexity index is 773. The van der Waals surface area contributed by atoms with Crippen LogP contribution in [0.4, 0.5) is 4.39 Å². The molecule has 170 valence electrons. The average Bonchev–Trinajstić information content (AvgIpc) is 2.78. The fraction of sp³-hybridized carbons (Fsp3) is 0.500. The molecule has 2 aromatic carbocycles. The van der Waals surface area contributed by atoms with Gasteiger partial charge in [-0.15, -0.1) is 0 Å². The Morgan fingerprint density at radius 1 is 0.742 bits per heavy atom. The predicted molar refractivity (Wildman–Crippen MR) is 122 cm³/mol. The number of carbonyl (C=O) groups is 1. The first-order valence-electron chi connectivity index (χ1n) is 11.5. The Kier molecular flexibility index (Phi) is 11.5. The SMILES string of the molecule is CCCCCCCCOc1ccc(C(=O)Oc2ccc(OCCCCC)cc2)cc1F. The Labute approximate surface area is 185 Å². The van der Waals surface area contributed by atoms with E-state index in [1.807, 2.05) is 0 Å². The van der Waals surface area contributed by atoms with E-state index in [1.165, 1.54) is 37.8 Å². The minimum atomic E-state index is -0.613. The zero-order valence-corrected chi connectivity index (χ0v) is 18.8. The lowest BCUT2D eigenvalue weighted by atomic mass is 10.1. The number of carbonyl (C=O) groups excluding carboxylic acids is 1. The number of ether oxygens (including phenoxy) is 3. The van der Waals surface area contributed by atoms with Crippen LogP contribution < -0.4 is 14.2 Å². The van der Waals surface area contributed by atoms with E-state index in [0.29, 0.717) is 19.0 Å². The lowest BCUT2D eigenvalue weighted by Gasteiger charge is -2.10. The molecule has 0 amide bonds. The Hall–Kier alpha value is -2.56. The molecular formula is C26H35FO4. The van der Waals surface area contributed by atoms with E-state index in [0.717, 1.165) is 43.9 Å². The molecule has 0 unspecified atom stereocenters. The third-order valence-corrected chi connectivity index (χ3v) is 4.97. The van der Waals surface area contributed by atoms with E-state index >= 15 is 0 Å². The summed E-state index contributed by atoms with van der Waals surface area (Å²) in [5, 5.41) is 0. The van der Waals surface area contributed by atoms with Gasteiger partial charge in [-0.05, 0) is 55.3 Å². The van der Waals surface area contributed by atoms with Crippen molar-refractivity contribution in [2.75, 3.05) is 13.2 Å². The van der Waals surface area contributed by atoms with Crippen molar-refractivity contribution in [2.45, 2.75) is 71.6 Å². The topological polar surface area (TPSA) is 44.8 Å². The maximum absolute atomic E-state index is 14.3. The molecule has 2 rings (SSSR count). The van der Waals surface area contributed by atoms with Gasteiger partial charge in [0.25, 0.3) is 0 Å². The summed E-state index contributed by atoms with van der Waals surface area (Å²) < 4.78 is 30.8. The van der Waals surface area contributed by atoms with E-state index < -0.39 is 11.8 Å². The van der Waals surface area contributed by atoms with Crippen molar-refractivity contribution in [1.29, 1.82) is 0 Å². The maximum atomic E-state index is 14.3. The van der Waals surface area contributed by atoms with Gasteiger partial charge in [-0.25, -0.2) is 9.18 Å². The summed E-state index contributed by atoms with van der Waals surface area (Å²) >= 11 is 0. The summed E-state index contributed by atoms with van der Waals surface area (Å²) in [6.07, 6.45) is 10.1. The number of esters is 1. The highest BCUT2D eigenvalue weighted by Crippen LogP contribution is 2.22. The van der Waals surface area contributed by atoms with Gasteiger partial charge >= 0.3 is 5.97 Å². The number of unbranched alkanes of at least 4 members (excludes halogenated alkanes) is 7. The summed E-state index contributed by atoms with van der Waals surface area (Å²) in [6.45, 7) is 5.47. The highest BCUT2D eigenvalue weighted by molar-refractivity contribution is 5.91. The quantitative estimate of drug-likeness (QED) is 0.168. The van der Waals surface area contributed by atoms with E-state index in [4.69, 9.17) is 14.2 Å². The van der Waals surface area contributed by atoms with E-state index in [2.05, 4.69) is 13.8 Å². The summed E-state index contributed by atoms with van der Waals surface area (Å²) in [5.41, 5.74) is 0.143. The first-order valence-corrected chi connectivity index (χ1v) is 11.5. The van der Waals surface area contributed by atoms with Crippen LogP contribution in [0.3, 0.4) is 0 Å². The maximum Gasteiger partial charge on any atom is 0.343 e. The molecule has 5 heteroatoms.